The number of fused-ring (bicyclic) bond motifs is 1. The SMILES string of the molecule is CCN=C(N)S(=O)(=O)CCCn1cnc2ccccc21. The van der Waals surface area contributed by atoms with Gasteiger partial charge >= 0.3 is 0 Å². The Bertz CT molecular complexity index is 719. The third-order valence-electron chi connectivity index (χ3n) is 2.97. The van der Waals surface area contributed by atoms with E-state index in [1.807, 2.05) is 28.8 Å². The normalized spacial score (nSPS) is 12.9. The predicted molar refractivity (Wildman–Crippen MR) is 80.3 cm³/mol. The van der Waals surface area contributed by atoms with Gasteiger partial charge in [0.05, 0.1) is 23.1 Å². The molecule has 0 amide bonds. The van der Waals surface area contributed by atoms with Crippen molar-refractivity contribution >= 4 is 26.0 Å². The number of nitrogens with two attached hydrogens (primary N) is 1. The van der Waals surface area contributed by atoms with Gasteiger partial charge in [0.25, 0.3) is 0 Å². The van der Waals surface area contributed by atoms with Crippen molar-refractivity contribution in [1.29, 1.82) is 0 Å². The standard InChI is InChI=1S/C13H18N4O2S/c1-2-15-13(14)20(18,19)9-5-8-17-10-16-11-6-3-4-7-12(11)17/h3-4,6-7,10H,2,5,8-9H2,1H3,(H2,14,15). The molecular formula is C13H18N4O2S. The Morgan fingerprint density at radius 2 is 2.15 bits per heavy atom. The molecular weight excluding hydrogens is 276 g/mol. The van der Waals surface area contributed by atoms with E-state index < -0.39 is 9.84 Å². The first-order valence-electron chi connectivity index (χ1n) is 6.47. The van der Waals surface area contributed by atoms with Crippen LogP contribution in [-0.4, -0.2) is 35.4 Å². The fraction of sp³-hybridized carbons (Fsp3) is 0.385. The Morgan fingerprint density at radius 3 is 2.90 bits per heavy atom. The van der Waals surface area contributed by atoms with Crippen LogP contribution in [0.4, 0.5) is 0 Å². The number of aliphatic imine (C=N–C) groups is 1. The quantitative estimate of drug-likeness (QED) is 0.662. The van der Waals surface area contributed by atoms with Gasteiger partial charge in [0.15, 0.2) is 0 Å². The summed E-state index contributed by atoms with van der Waals surface area (Å²) in [7, 11) is -3.43. The van der Waals surface area contributed by atoms with Gasteiger partial charge in [0.2, 0.25) is 15.0 Å². The maximum atomic E-state index is 11.8. The zero-order valence-corrected chi connectivity index (χ0v) is 12.2. The molecule has 0 aliphatic heterocycles. The highest BCUT2D eigenvalue weighted by Gasteiger charge is 2.15. The van der Waals surface area contributed by atoms with E-state index in [9.17, 15) is 8.42 Å². The molecule has 0 radical (unpaired) electrons. The molecule has 0 saturated heterocycles. The molecule has 0 unspecified atom stereocenters. The second-order valence-electron chi connectivity index (χ2n) is 4.41. The van der Waals surface area contributed by atoms with Crippen molar-refractivity contribution in [3.05, 3.63) is 30.6 Å². The van der Waals surface area contributed by atoms with Crippen LogP contribution in [-0.2, 0) is 16.4 Å². The lowest BCUT2D eigenvalue weighted by atomic mass is 10.3. The van der Waals surface area contributed by atoms with Gasteiger partial charge in [-0.3, -0.25) is 4.99 Å². The predicted octanol–water partition coefficient (Wildman–Crippen LogP) is 1.18. The third kappa shape index (κ3) is 3.16. The Kier molecular flexibility index (Phi) is 4.39. The van der Waals surface area contributed by atoms with E-state index in [1.54, 1.807) is 13.3 Å². The topological polar surface area (TPSA) is 90.3 Å². The van der Waals surface area contributed by atoms with Gasteiger partial charge in [-0.15, -0.1) is 0 Å². The number of amidine groups is 1. The monoisotopic (exact) mass is 294 g/mol. The first-order chi connectivity index (χ1) is 9.54. The summed E-state index contributed by atoms with van der Waals surface area (Å²) in [5.41, 5.74) is 7.36. The van der Waals surface area contributed by atoms with E-state index >= 15 is 0 Å². The lowest BCUT2D eigenvalue weighted by Crippen LogP contribution is -2.27. The molecule has 7 heteroatoms. The third-order valence-corrected chi connectivity index (χ3v) is 4.56. The van der Waals surface area contributed by atoms with Crippen LogP contribution in [0, 0.1) is 0 Å². The first kappa shape index (κ1) is 14.5. The molecule has 1 aromatic carbocycles. The number of sulfone groups is 1. The van der Waals surface area contributed by atoms with Crippen molar-refractivity contribution < 1.29 is 8.42 Å². The summed E-state index contributed by atoms with van der Waals surface area (Å²) in [5.74, 6) is -0.00512. The average Bonchev–Trinajstić information content (AvgIpc) is 2.82. The fourth-order valence-electron chi connectivity index (χ4n) is 1.97. The summed E-state index contributed by atoms with van der Waals surface area (Å²) in [6.45, 7) is 2.70. The van der Waals surface area contributed by atoms with Crippen LogP contribution in [0.2, 0.25) is 0 Å². The van der Waals surface area contributed by atoms with Gasteiger partial charge in [0.1, 0.15) is 0 Å². The van der Waals surface area contributed by atoms with E-state index in [0.29, 0.717) is 19.5 Å². The van der Waals surface area contributed by atoms with Crippen molar-refractivity contribution in [3.8, 4) is 0 Å². The number of hydrogen-bond acceptors (Lipinski definition) is 4. The smallest absolute Gasteiger partial charge is 0.213 e. The van der Waals surface area contributed by atoms with Gasteiger partial charge in [0, 0.05) is 13.1 Å². The fourth-order valence-corrected chi connectivity index (χ4v) is 3.02. The number of nitrogens with zero attached hydrogens (tertiary/aromatic N) is 3. The highest BCUT2D eigenvalue weighted by atomic mass is 32.2. The molecule has 0 saturated carbocycles. The van der Waals surface area contributed by atoms with E-state index in [1.165, 1.54) is 0 Å². The molecule has 2 aromatic rings. The Morgan fingerprint density at radius 1 is 1.40 bits per heavy atom. The minimum absolute atomic E-state index is 0.00512. The number of para-hydroxylation sites is 2. The van der Waals surface area contributed by atoms with E-state index in [-0.39, 0.29) is 10.9 Å². The zero-order valence-electron chi connectivity index (χ0n) is 11.4. The van der Waals surface area contributed by atoms with E-state index in [4.69, 9.17) is 5.73 Å². The first-order valence-corrected chi connectivity index (χ1v) is 8.12. The molecule has 108 valence electrons. The van der Waals surface area contributed by atoms with E-state index in [0.717, 1.165) is 11.0 Å². The molecule has 0 bridgehead atoms. The molecule has 2 N–H and O–H groups in total. The largest absolute Gasteiger partial charge is 0.374 e. The van der Waals surface area contributed by atoms with Crippen molar-refractivity contribution in [2.45, 2.75) is 19.9 Å². The van der Waals surface area contributed by atoms with Crippen molar-refractivity contribution in [2.75, 3.05) is 12.3 Å². The molecule has 2 rings (SSSR count). The minimum Gasteiger partial charge on any atom is -0.374 e. The maximum absolute atomic E-state index is 11.8. The van der Waals surface area contributed by atoms with E-state index in [2.05, 4.69) is 9.98 Å². The van der Waals surface area contributed by atoms with Crippen molar-refractivity contribution in [2.24, 2.45) is 10.7 Å². The second-order valence-corrected chi connectivity index (χ2v) is 6.47. The molecule has 6 nitrogen and oxygen atoms in total. The zero-order chi connectivity index (χ0) is 14.6. The molecule has 0 aliphatic rings. The van der Waals surface area contributed by atoms with Gasteiger partial charge in [-0.05, 0) is 25.5 Å². The summed E-state index contributed by atoms with van der Waals surface area (Å²) in [4.78, 5) is 8.01. The number of hydrogen-bond donors (Lipinski definition) is 1. The van der Waals surface area contributed by atoms with Crippen LogP contribution in [0.3, 0.4) is 0 Å². The number of benzene rings is 1. The highest BCUT2D eigenvalue weighted by Crippen LogP contribution is 2.12. The summed E-state index contributed by atoms with van der Waals surface area (Å²) >= 11 is 0. The van der Waals surface area contributed by atoms with Crippen molar-refractivity contribution in [1.82, 2.24) is 9.55 Å². The molecule has 1 aromatic heterocycles. The van der Waals surface area contributed by atoms with Crippen LogP contribution in [0.25, 0.3) is 11.0 Å². The maximum Gasteiger partial charge on any atom is 0.213 e. The Balaban J connectivity index is 2.02. The molecule has 0 fully saturated rings. The Hall–Kier alpha value is -1.89. The summed E-state index contributed by atoms with van der Waals surface area (Å²) in [6.07, 6.45) is 2.20. The van der Waals surface area contributed by atoms with Gasteiger partial charge in [-0.2, -0.15) is 0 Å². The second kappa shape index (κ2) is 6.04. The molecule has 0 spiro atoms. The summed E-state index contributed by atoms with van der Waals surface area (Å²) in [6, 6.07) is 7.74. The number of rotatable bonds is 5. The number of aryl methyl sites for hydroxylation is 1. The minimum atomic E-state index is -3.43. The lowest BCUT2D eigenvalue weighted by Gasteiger charge is -2.05. The molecule has 20 heavy (non-hydrogen) atoms. The van der Waals surface area contributed by atoms with Gasteiger partial charge in [-0.25, -0.2) is 13.4 Å². The van der Waals surface area contributed by atoms with Crippen LogP contribution in [0.5, 0.6) is 0 Å². The molecule has 0 atom stereocenters. The number of imidazole rings is 1. The van der Waals surface area contributed by atoms with Crippen LogP contribution in [0.1, 0.15) is 13.3 Å². The van der Waals surface area contributed by atoms with Crippen LogP contribution in [0.15, 0.2) is 35.6 Å². The molecule has 0 aliphatic carbocycles. The Labute approximate surface area is 118 Å². The summed E-state index contributed by atoms with van der Waals surface area (Å²) < 4.78 is 25.6. The van der Waals surface area contributed by atoms with Crippen molar-refractivity contribution in [3.63, 3.8) is 0 Å². The summed E-state index contributed by atoms with van der Waals surface area (Å²) in [5, 5.41) is -0.268. The van der Waals surface area contributed by atoms with Gasteiger partial charge in [-0.1, -0.05) is 12.1 Å². The lowest BCUT2D eigenvalue weighted by molar-refractivity contribution is 0.598. The number of aromatic nitrogens is 2. The van der Waals surface area contributed by atoms with Gasteiger partial charge < -0.3 is 10.3 Å². The van der Waals surface area contributed by atoms with Crippen LogP contribution >= 0.6 is 0 Å². The average molecular weight is 294 g/mol. The molecule has 1 heterocycles. The van der Waals surface area contributed by atoms with Crippen LogP contribution < -0.4 is 5.73 Å². The highest BCUT2D eigenvalue weighted by molar-refractivity contribution is 8.06.